The molecule has 0 aliphatic rings. The molecule has 1 aromatic rings. The molecule has 1 rings (SSSR count). The maximum Gasteiger partial charge on any atom is 0.338 e. The van der Waals surface area contributed by atoms with E-state index in [0.717, 1.165) is 19.6 Å². The quantitative estimate of drug-likeness (QED) is 0.480. The van der Waals surface area contributed by atoms with Gasteiger partial charge in [0.2, 0.25) is 0 Å². The Hall–Kier alpha value is -1.30. The van der Waals surface area contributed by atoms with Gasteiger partial charge in [0.1, 0.15) is 0 Å². The topological polar surface area (TPSA) is 149 Å². The molecule has 0 aromatic carbocycles. The number of nitrogens with zero attached hydrogens (tertiary/aromatic N) is 4. The fourth-order valence-corrected chi connectivity index (χ4v) is 1.82. The van der Waals surface area contributed by atoms with Gasteiger partial charge in [-0.25, -0.2) is 18.6 Å². The molecule has 0 unspecified atom stereocenters. The highest BCUT2D eigenvalue weighted by atomic mass is 35.7. The minimum atomic E-state index is -4.94. The van der Waals surface area contributed by atoms with Crippen LogP contribution in [0.1, 0.15) is 20.8 Å². The number of hydrogen-bond acceptors (Lipinski definition) is 9. The van der Waals surface area contributed by atoms with Crippen molar-refractivity contribution in [3.63, 3.8) is 0 Å². The smallest absolute Gasteiger partial charge is 0.338 e. The molecule has 0 N–H and O–H groups in total. The van der Waals surface area contributed by atoms with Crippen LogP contribution in [0.2, 0.25) is 0 Å². The summed E-state index contributed by atoms with van der Waals surface area (Å²) in [4.78, 5) is 12.7. The first-order valence-corrected chi connectivity index (χ1v) is 7.71. The number of ether oxygens (including phenoxy) is 2. The van der Waals surface area contributed by atoms with E-state index in [1.54, 1.807) is 0 Å². The molecule has 0 saturated carbocycles. The predicted octanol–water partition coefficient (Wildman–Crippen LogP) is -3.50. The Balaban J connectivity index is 0.000000763. The van der Waals surface area contributed by atoms with Gasteiger partial charge >= 0.3 is 18.0 Å². The second kappa shape index (κ2) is 8.98. The van der Waals surface area contributed by atoms with Crippen molar-refractivity contribution >= 4 is 5.95 Å². The molecule has 1 heterocycles. The Morgan fingerprint density at radius 3 is 1.36 bits per heavy atom. The first-order chi connectivity index (χ1) is 10.2. The van der Waals surface area contributed by atoms with Crippen LogP contribution in [-0.2, 0) is 0 Å². The fraction of sp³-hybridized carbons (Fsp3) is 0.727. The molecule has 0 aliphatic carbocycles. The van der Waals surface area contributed by atoms with Crippen LogP contribution < -0.4 is 32.6 Å². The maximum absolute atomic E-state index is 8.49. The van der Waals surface area contributed by atoms with Gasteiger partial charge in [0, 0.05) is 0 Å². The number of aromatic nitrogens is 3. The lowest BCUT2D eigenvalue weighted by atomic mass is 10.4. The lowest BCUT2D eigenvalue weighted by Gasteiger charge is -2.32. The van der Waals surface area contributed by atoms with Gasteiger partial charge < -0.3 is 9.47 Å². The first kappa shape index (κ1) is 20.7. The number of methoxy groups -OCH3 is 2. The van der Waals surface area contributed by atoms with E-state index in [2.05, 4.69) is 35.7 Å². The minimum absolute atomic E-state index is 0.296. The van der Waals surface area contributed by atoms with Crippen molar-refractivity contribution in [2.24, 2.45) is 0 Å². The normalized spacial score (nSPS) is 11.5. The Morgan fingerprint density at radius 2 is 1.14 bits per heavy atom. The summed E-state index contributed by atoms with van der Waals surface area (Å²) in [6.45, 7) is 9.12. The van der Waals surface area contributed by atoms with Crippen LogP contribution in [0.3, 0.4) is 0 Å². The number of halogens is 1. The van der Waals surface area contributed by atoms with Gasteiger partial charge in [-0.05, 0) is 20.8 Å². The zero-order chi connectivity index (χ0) is 17.4. The minimum Gasteiger partial charge on any atom is -0.466 e. The Labute approximate surface area is 131 Å². The highest BCUT2D eigenvalue weighted by Gasteiger charge is 2.30. The summed E-state index contributed by atoms with van der Waals surface area (Å²) in [5.41, 5.74) is 0. The lowest BCUT2D eigenvalue weighted by Crippen LogP contribution is -2.68. The molecule has 1 aromatic heterocycles. The average Bonchev–Trinajstić information content (AvgIpc) is 2.47. The van der Waals surface area contributed by atoms with E-state index in [0.29, 0.717) is 22.5 Å². The number of quaternary nitrogens is 1. The summed E-state index contributed by atoms with van der Waals surface area (Å²) >= 11 is 0. The summed E-state index contributed by atoms with van der Waals surface area (Å²) in [6, 6.07) is 0.592. The van der Waals surface area contributed by atoms with Crippen molar-refractivity contribution in [2.75, 3.05) is 33.9 Å². The predicted molar refractivity (Wildman–Crippen MR) is 66.3 cm³/mol. The Kier molecular flexibility index (Phi) is 8.45. The molecule has 0 amide bonds. The van der Waals surface area contributed by atoms with Crippen molar-refractivity contribution in [3.05, 3.63) is 0 Å². The fourth-order valence-electron chi connectivity index (χ4n) is 1.82. The van der Waals surface area contributed by atoms with Crippen molar-refractivity contribution in [1.29, 1.82) is 0 Å². The lowest BCUT2D eigenvalue weighted by molar-refractivity contribution is -2.00. The van der Waals surface area contributed by atoms with Crippen LogP contribution in [0.4, 0.5) is 5.95 Å². The summed E-state index contributed by atoms with van der Waals surface area (Å²) in [5.74, 6) is 0.696. The molecule has 0 radical (unpaired) electrons. The molecular formula is C11H21ClN4O6. The largest absolute Gasteiger partial charge is 0.466 e. The van der Waals surface area contributed by atoms with Crippen LogP contribution >= 0.6 is 0 Å². The van der Waals surface area contributed by atoms with E-state index >= 15 is 0 Å². The molecule has 10 nitrogen and oxygen atoms in total. The van der Waals surface area contributed by atoms with Gasteiger partial charge in [-0.2, -0.15) is 0 Å². The molecule has 22 heavy (non-hydrogen) atoms. The molecule has 0 fully saturated rings. The van der Waals surface area contributed by atoms with Crippen LogP contribution in [0.25, 0.3) is 0 Å². The molecule has 128 valence electrons. The number of rotatable bonds is 6. The van der Waals surface area contributed by atoms with Gasteiger partial charge in [-0.1, -0.05) is 0 Å². The van der Waals surface area contributed by atoms with E-state index in [9.17, 15) is 0 Å². The monoisotopic (exact) mass is 340 g/mol. The third kappa shape index (κ3) is 6.64. The van der Waals surface area contributed by atoms with E-state index in [1.165, 1.54) is 14.2 Å². The van der Waals surface area contributed by atoms with Crippen LogP contribution in [0.5, 0.6) is 12.0 Å². The van der Waals surface area contributed by atoms with E-state index in [4.69, 9.17) is 28.1 Å². The number of hydrogen-bond donors (Lipinski definition) is 0. The van der Waals surface area contributed by atoms with E-state index in [-0.39, 0.29) is 0 Å². The first-order valence-electron chi connectivity index (χ1n) is 6.48. The highest BCUT2D eigenvalue weighted by Crippen LogP contribution is 2.22. The Morgan fingerprint density at radius 1 is 0.818 bits per heavy atom. The third-order valence-corrected chi connectivity index (χ3v) is 3.19. The second-order valence-electron chi connectivity index (χ2n) is 4.08. The molecular weight excluding hydrogens is 320 g/mol. The van der Waals surface area contributed by atoms with Gasteiger partial charge in [0.05, 0.1) is 33.9 Å². The van der Waals surface area contributed by atoms with E-state index in [1.807, 2.05) is 0 Å². The van der Waals surface area contributed by atoms with Crippen molar-refractivity contribution in [3.8, 4) is 12.0 Å². The molecule has 0 spiro atoms. The maximum atomic E-state index is 8.49. The molecule has 0 atom stereocenters. The molecule has 0 aliphatic heterocycles. The third-order valence-electron chi connectivity index (χ3n) is 3.19. The van der Waals surface area contributed by atoms with Gasteiger partial charge in [0.15, 0.2) is 0 Å². The molecule has 0 bridgehead atoms. The Bertz CT molecular complexity index is 416. The zero-order valence-electron chi connectivity index (χ0n) is 13.2. The standard InChI is InChI=1S/C11H21N4O2.ClHO4/c1-6-15(7-2,8-3)9-12-10(16-4)14-11(13-9)17-5;2-1(3,4)5/h6-8H2,1-5H3;(H,2,3,4,5)/q+1;/p-1. The second-order valence-corrected chi connectivity index (χ2v) is 4.84. The average molecular weight is 341 g/mol. The molecule has 0 saturated heterocycles. The van der Waals surface area contributed by atoms with Crippen LogP contribution in [0, 0.1) is 10.2 Å². The summed E-state index contributed by atoms with van der Waals surface area (Å²) in [6.07, 6.45) is 0. The van der Waals surface area contributed by atoms with Crippen LogP contribution in [0.15, 0.2) is 0 Å². The van der Waals surface area contributed by atoms with Crippen molar-refractivity contribution in [2.45, 2.75) is 20.8 Å². The van der Waals surface area contributed by atoms with Crippen molar-refractivity contribution in [1.82, 2.24) is 19.4 Å². The summed E-state index contributed by atoms with van der Waals surface area (Å²) in [7, 11) is -1.87. The van der Waals surface area contributed by atoms with Crippen molar-refractivity contribution < 1.29 is 38.4 Å². The van der Waals surface area contributed by atoms with Gasteiger partial charge in [-0.15, -0.1) is 25.2 Å². The summed E-state index contributed by atoms with van der Waals surface area (Å²) in [5, 5.41) is 0. The molecule has 11 heteroatoms. The summed E-state index contributed by atoms with van der Waals surface area (Å²) < 4.78 is 44.8. The zero-order valence-corrected chi connectivity index (χ0v) is 14.0. The highest BCUT2D eigenvalue weighted by molar-refractivity contribution is 5.28. The van der Waals surface area contributed by atoms with Gasteiger partial charge in [0.25, 0.3) is 0 Å². The SMILES string of the molecule is CC[N+](CC)(CC)c1nc(OC)nc(OC)n1.[O-][Cl+3]([O-])([O-])[O-]. The van der Waals surface area contributed by atoms with Crippen LogP contribution in [-0.4, -0.2) is 48.8 Å². The van der Waals surface area contributed by atoms with Gasteiger partial charge in [-0.3, -0.25) is 4.48 Å². The van der Waals surface area contributed by atoms with E-state index < -0.39 is 10.2 Å².